The fourth-order valence-corrected chi connectivity index (χ4v) is 2.40. The van der Waals surface area contributed by atoms with Crippen molar-refractivity contribution in [1.29, 1.82) is 5.26 Å². The van der Waals surface area contributed by atoms with Gasteiger partial charge in [-0.2, -0.15) is 5.26 Å². The summed E-state index contributed by atoms with van der Waals surface area (Å²) in [5, 5.41) is 8.57. The minimum Gasteiger partial charge on any atom is -0.297 e. The third kappa shape index (κ3) is 2.16. The van der Waals surface area contributed by atoms with Crippen molar-refractivity contribution in [2.75, 3.05) is 26.2 Å². The second-order valence-electron chi connectivity index (χ2n) is 5.91. The summed E-state index contributed by atoms with van der Waals surface area (Å²) in [5.41, 5.74) is 0.327. The maximum Gasteiger partial charge on any atom is 0.0625 e. The molecular formula is C12H21N3. The van der Waals surface area contributed by atoms with Gasteiger partial charge in [0.15, 0.2) is 0 Å². The largest absolute Gasteiger partial charge is 0.297 e. The first-order chi connectivity index (χ1) is 7.00. The van der Waals surface area contributed by atoms with Crippen LogP contribution in [0.5, 0.6) is 0 Å². The molecule has 0 spiro atoms. The van der Waals surface area contributed by atoms with Crippen LogP contribution in [0, 0.1) is 17.2 Å². The van der Waals surface area contributed by atoms with Crippen LogP contribution in [0.1, 0.15) is 27.2 Å². The first-order valence-electron chi connectivity index (χ1n) is 5.87. The van der Waals surface area contributed by atoms with Crippen molar-refractivity contribution in [2.24, 2.45) is 5.92 Å². The molecule has 3 nitrogen and oxygen atoms in total. The number of hydrogen-bond acceptors (Lipinski definition) is 3. The van der Waals surface area contributed by atoms with E-state index in [0.717, 1.165) is 25.6 Å². The smallest absolute Gasteiger partial charge is 0.0625 e. The predicted octanol–water partition coefficient (Wildman–Crippen LogP) is 1.31. The van der Waals surface area contributed by atoms with Crippen LogP contribution >= 0.6 is 0 Å². The Morgan fingerprint density at radius 2 is 1.80 bits per heavy atom. The van der Waals surface area contributed by atoms with E-state index in [1.54, 1.807) is 0 Å². The van der Waals surface area contributed by atoms with Crippen molar-refractivity contribution >= 4 is 0 Å². The Hall–Kier alpha value is -0.590. The van der Waals surface area contributed by atoms with E-state index >= 15 is 0 Å². The summed E-state index contributed by atoms with van der Waals surface area (Å²) in [6.07, 6.45) is 0.742. The van der Waals surface area contributed by atoms with Gasteiger partial charge in [0, 0.05) is 44.2 Å². The van der Waals surface area contributed by atoms with E-state index in [-0.39, 0.29) is 0 Å². The standard InChI is InChI=1S/C12H21N3/c1-12(2,3)15-8-11(9-15)14-6-10(7-14)4-5-13/h10-11H,4,6-9H2,1-3H3. The van der Waals surface area contributed by atoms with Gasteiger partial charge >= 0.3 is 0 Å². The second-order valence-corrected chi connectivity index (χ2v) is 5.91. The number of rotatable bonds is 2. The van der Waals surface area contributed by atoms with E-state index in [1.165, 1.54) is 13.1 Å². The van der Waals surface area contributed by atoms with Gasteiger partial charge in [-0.1, -0.05) is 0 Å². The molecule has 0 aromatic rings. The Morgan fingerprint density at radius 3 is 2.27 bits per heavy atom. The molecule has 2 aliphatic heterocycles. The van der Waals surface area contributed by atoms with Crippen LogP contribution in [0.2, 0.25) is 0 Å². The van der Waals surface area contributed by atoms with Gasteiger partial charge in [-0.3, -0.25) is 9.80 Å². The van der Waals surface area contributed by atoms with Crippen LogP contribution < -0.4 is 0 Å². The Morgan fingerprint density at radius 1 is 1.20 bits per heavy atom. The van der Waals surface area contributed by atoms with Gasteiger partial charge in [-0.05, 0) is 26.7 Å². The van der Waals surface area contributed by atoms with Crippen molar-refractivity contribution < 1.29 is 0 Å². The first kappa shape index (κ1) is 10.9. The molecule has 2 saturated heterocycles. The SMILES string of the molecule is CC(C)(C)N1CC(N2CC(CC#N)C2)C1. The quantitative estimate of drug-likeness (QED) is 0.684. The molecule has 2 heterocycles. The summed E-state index contributed by atoms with van der Waals surface area (Å²) in [5.74, 6) is 0.652. The van der Waals surface area contributed by atoms with E-state index in [0.29, 0.717) is 11.5 Å². The highest BCUT2D eigenvalue weighted by Gasteiger charge is 2.41. The van der Waals surface area contributed by atoms with E-state index in [2.05, 4.69) is 36.6 Å². The molecule has 0 bridgehead atoms. The molecule has 2 aliphatic rings. The van der Waals surface area contributed by atoms with Gasteiger partial charge in [-0.25, -0.2) is 0 Å². The Labute approximate surface area is 92.7 Å². The lowest BCUT2D eigenvalue weighted by molar-refractivity contribution is -0.0633. The minimum absolute atomic E-state index is 0.327. The molecule has 0 aromatic heterocycles. The highest BCUT2D eigenvalue weighted by atomic mass is 15.4. The molecule has 0 unspecified atom stereocenters. The lowest BCUT2D eigenvalue weighted by atomic mass is 9.90. The lowest BCUT2D eigenvalue weighted by Gasteiger charge is -2.55. The van der Waals surface area contributed by atoms with Crippen LogP contribution in [-0.2, 0) is 0 Å². The molecule has 84 valence electrons. The predicted molar refractivity (Wildman–Crippen MR) is 60.4 cm³/mol. The van der Waals surface area contributed by atoms with Gasteiger partial charge in [0.1, 0.15) is 0 Å². The number of nitrogens with zero attached hydrogens (tertiary/aromatic N) is 3. The van der Waals surface area contributed by atoms with Gasteiger partial charge in [-0.15, -0.1) is 0 Å². The molecule has 0 saturated carbocycles. The highest BCUT2D eigenvalue weighted by molar-refractivity contribution is 4.99. The van der Waals surface area contributed by atoms with Crippen LogP contribution in [0.15, 0.2) is 0 Å². The lowest BCUT2D eigenvalue weighted by Crippen LogP contribution is -2.68. The maximum atomic E-state index is 8.57. The highest BCUT2D eigenvalue weighted by Crippen LogP contribution is 2.29. The summed E-state index contributed by atoms with van der Waals surface area (Å²) in [6.45, 7) is 11.5. The average Bonchev–Trinajstić information content (AvgIpc) is 1.94. The van der Waals surface area contributed by atoms with Crippen molar-refractivity contribution in [2.45, 2.75) is 38.8 Å². The molecule has 0 aromatic carbocycles. The summed E-state index contributed by atoms with van der Waals surface area (Å²) in [7, 11) is 0. The molecule has 0 amide bonds. The molecule has 15 heavy (non-hydrogen) atoms. The Bertz CT molecular complexity index is 262. The van der Waals surface area contributed by atoms with Crippen molar-refractivity contribution in [3.63, 3.8) is 0 Å². The average molecular weight is 207 g/mol. The molecule has 2 rings (SSSR count). The molecular weight excluding hydrogens is 186 g/mol. The van der Waals surface area contributed by atoms with Gasteiger partial charge in [0.05, 0.1) is 6.07 Å². The van der Waals surface area contributed by atoms with E-state index in [9.17, 15) is 0 Å². The topological polar surface area (TPSA) is 30.3 Å². The number of likely N-dealkylation sites (tertiary alicyclic amines) is 2. The summed E-state index contributed by atoms with van der Waals surface area (Å²) in [4.78, 5) is 5.06. The van der Waals surface area contributed by atoms with Crippen LogP contribution in [0.3, 0.4) is 0 Å². The third-order valence-electron chi connectivity index (χ3n) is 3.69. The van der Waals surface area contributed by atoms with Crippen molar-refractivity contribution in [1.82, 2.24) is 9.80 Å². The number of nitriles is 1. The summed E-state index contributed by atoms with van der Waals surface area (Å²) < 4.78 is 0. The number of hydrogen-bond donors (Lipinski definition) is 0. The van der Waals surface area contributed by atoms with E-state index in [1.807, 2.05) is 0 Å². The van der Waals surface area contributed by atoms with Crippen molar-refractivity contribution in [3.05, 3.63) is 0 Å². The normalized spacial score (nSPS) is 25.7. The molecule has 0 atom stereocenters. The zero-order chi connectivity index (χ0) is 11.1. The first-order valence-corrected chi connectivity index (χ1v) is 5.87. The van der Waals surface area contributed by atoms with Gasteiger partial charge < -0.3 is 0 Å². The molecule has 2 fully saturated rings. The van der Waals surface area contributed by atoms with Crippen LogP contribution in [0.25, 0.3) is 0 Å². The molecule has 0 radical (unpaired) electrons. The van der Waals surface area contributed by atoms with Crippen molar-refractivity contribution in [3.8, 4) is 6.07 Å². The molecule has 0 N–H and O–H groups in total. The summed E-state index contributed by atoms with van der Waals surface area (Å²) in [6, 6.07) is 3.02. The van der Waals surface area contributed by atoms with Crippen LogP contribution in [0.4, 0.5) is 0 Å². The van der Waals surface area contributed by atoms with Gasteiger partial charge in [0.2, 0.25) is 0 Å². The van der Waals surface area contributed by atoms with Gasteiger partial charge in [0.25, 0.3) is 0 Å². The monoisotopic (exact) mass is 207 g/mol. The minimum atomic E-state index is 0.327. The summed E-state index contributed by atoms with van der Waals surface area (Å²) >= 11 is 0. The third-order valence-corrected chi connectivity index (χ3v) is 3.69. The molecule has 3 heteroatoms. The second kappa shape index (κ2) is 3.77. The maximum absolute atomic E-state index is 8.57. The fourth-order valence-electron chi connectivity index (χ4n) is 2.40. The fraction of sp³-hybridized carbons (Fsp3) is 0.917. The molecule has 0 aliphatic carbocycles. The Balaban J connectivity index is 1.68. The van der Waals surface area contributed by atoms with Crippen LogP contribution in [-0.4, -0.2) is 47.6 Å². The van der Waals surface area contributed by atoms with E-state index in [4.69, 9.17) is 5.26 Å². The Kier molecular flexibility index (Phi) is 2.74. The zero-order valence-corrected chi connectivity index (χ0v) is 10.0. The van der Waals surface area contributed by atoms with E-state index < -0.39 is 0 Å². The zero-order valence-electron chi connectivity index (χ0n) is 10.0.